The lowest BCUT2D eigenvalue weighted by Crippen LogP contribution is -2.06. The molecule has 1 atom stereocenters. The number of allylic oxidation sites excluding steroid dienone is 2. The van der Waals surface area contributed by atoms with Crippen LogP contribution in [0.4, 0.5) is 0 Å². The van der Waals surface area contributed by atoms with E-state index in [9.17, 15) is 5.11 Å². The Balaban J connectivity index is 1.89. The van der Waals surface area contributed by atoms with Crippen molar-refractivity contribution in [1.82, 2.24) is 0 Å². The fourth-order valence-electron chi connectivity index (χ4n) is 3.04. The highest BCUT2D eigenvalue weighted by Crippen LogP contribution is 2.27. The SMILES string of the molecule is OCC(C(/C=C/Cc1ccccc1)=C/c1ccccc1)c1ccccc1. The van der Waals surface area contributed by atoms with Crippen molar-refractivity contribution in [3.05, 3.63) is 125 Å². The average molecular weight is 340 g/mol. The molecule has 1 unspecified atom stereocenters. The quantitative estimate of drug-likeness (QED) is 0.551. The summed E-state index contributed by atoms with van der Waals surface area (Å²) in [6, 6.07) is 30.9. The molecule has 130 valence electrons. The Kier molecular flexibility index (Phi) is 6.58. The van der Waals surface area contributed by atoms with Gasteiger partial charge in [-0.1, -0.05) is 109 Å². The highest BCUT2D eigenvalue weighted by molar-refractivity contribution is 5.59. The zero-order chi connectivity index (χ0) is 18.0. The van der Waals surface area contributed by atoms with Gasteiger partial charge in [0.25, 0.3) is 0 Å². The maximum atomic E-state index is 10.1. The molecule has 0 bridgehead atoms. The predicted molar refractivity (Wildman–Crippen MR) is 110 cm³/mol. The Hall–Kier alpha value is -2.90. The molecule has 1 heteroatoms. The van der Waals surface area contributed by atoms with Crippen LogP contribution in [0.5, 0.6) is 0 Å². The first-order valence-electron chi connectivity index (χ1n) is 9.00. The summed E-state index contributed by atoms with van der Waals surface area (Å²) in [6.07, 6.45) is 7.36. The summed E-state index contributed by atoms with van der Waals surface area (Å²) in [5.74, 6) is -0.0385. The van der Waals surface area contributed by atoms with E-state index in [0.717, 1.165) is 23.1 Å². The van der Waals surface area contributed by atoms with Gasteiger partial charge in [0.2, 0.25) is 0 Å². The maximum Gasteiger partial charge on any atom is 0.0540 e. The highest BCUT2D eigenvalue weighted by Gasteiger charge is 2.13. The fraction of sp³-hybridized carbons (Fsp3) is 0.120. The summed E-state index contributed by atoms with van der Waals surface area (Å²) in [7, 11) is 0. The van der Waals surface area contributed by atoms with Crippen LogP contribution in [-0.2, 0) is 6.42 Å². The molecule has 1 N–H and O–H groups in total. The molecule has 0 aliphatic carbocycles. The Morgan fingerprint density at radius 2 is 1.35 bits per heavy atom. The normalized spacial score (nSPS) is 13.0. The van der Waals surface area contributed by atoms with Gasteiger partial charge in [-0.15, -0.1) is 0 Å². The predicted octanol–water partition coefficient (Wildman–Crippen LogP) is 5.65. The van der Waals surface area contributed by atoms with Crippen LogP contribution in [0.3, 0.4) is 0 Å². The molecule has 1 nitrogen and oxygen atoms in total. The molecule has 26 heavy (non-hydrogen) atoms. The van der Waals surface area contributed by atoms with Crippen LogP contribution < -0.4 is 0 Å². The second-order valence-electron chi connectivity index (χ2n) is 6.29. The average Bonchev–Trinajstić information content (AvgIpc) is 2.71. The molecule has 0 aliphatic heterocycles. The summed E-state index contributed by atoms with van der Waals surface area (Å²) < 4.78 is 0. The van der Waals surface area contributed by atoms with Crippen molar-refractivity contribution >= 4 is 6.08 Å². The van der Waals surface area contributed by atoms with Crippen molar-refractivity contribution in [2.24, 2.45) is 0 Å². The van der Waals surface area contributed by atoms with Gasteiger partial charge in [0.1, 0.15) is 0 Å². The topological polar surface area (TPSA) is 20.2 Å². The molecule has 3 rings (SSSR count). The van der Waals surface area contributed by atoms with Crippen LogP contribution in [0.2, 0.25) is 0 Å². The van der Waals surface area contributed by atoms with Gasteiger partial charge in [-0.2, -0.15) is 0 Å². The number of aliphatic hydroxyl groups excluding tert-OH is 1. The third kappa shape index (κ3) is 5.05. The van der Waals surface area contributed by atoms with E-state index in [1.54, 1.807) is 0 Å². The van der Waals surface area contributed by atoms with E-state index < -0.39 is 0 Å². The van der Waals surface area contributed by atoms with E-state index in [1.807, 2.05) is 42.5 Å². The zero-order valence-electron chi connectivity index (χ0n) is 14.8. The molecule has 0 amide bonds. The number of rotatable bonds is 7. The van der Waals surface area contributed by atoms with E-state index in [2.05, 4.69) is 66.8 Å². The van der Waals surface area contributed by atoms with Gasteiger partial charge in [-0.05, 0) is 28.7 Å². The minimum Gasteiger partial charge on any atom is -0.395 e. The second kappa shape index (κ2) is 9.55. The van der Waals surface area contributed by atoms with Gasteiger partial charge in [0, 0.05) is 5.92 Å². The number of hydrogen-bond donors (Lipinski definition) is 1. The van der Waals surface area contributed by atoms with Crippen LogP contribution in [0.15, 0.2) is 109 Å². The Bertz CT molecular complexity index is 833. The molecule has 0 aliphatic rings. The molecule has 0 saturated heterocycles. The fourth-order valence-corrected chi connectivity index (χ4v) is 3.04. The Labute approximate surface area is 156 Å². The lowest BCUT2D eigenvalue weighted by molar-refractivity contribution is 0.281. The van der Waals surface area contributed by atoms with Crippen molar-refractivity contribution in [2.45, 2.75) is 12.3 Å². The van der Waals surface area contributed by atoms with Crippen molar-refractivity contribution in [3.8, 4) is 0 Å². The molecule has 0 radical (unpaired) electrons. The molecule has 0 spiro atoms. The molecular formula is C25H24O. The molecule has 3 aromatic rings. The van der Waals surface area contributed by atoms with Gasteiger partial charge in [-0.25, -0.2) is 0 Å². The molecule has 0 heterocycles. The summed E-state index contributed by atoms with van der Waals surface area (Å²) >= 11 is 0. The van der Waals surface area contributed by atoms with Gasteiger partial charge in [0.15, 0.2) is 0 Å². The van der Waals surface area contributed by atoms with Crippen molar-refractivity contribution < 1.29 is 5.11 Å². The second-order valence-corrected chi connectivity index (χ2v) is 6.29. The van der Waals surface area contributed by atoms with Crippen LogP contribution in [0, 0.1) is 0 Å². The summed E-state index contributed by atoms with van der Waals surface area (Å²) in [5.41, 5.74) is 4.66. The van der Waals surface area contributed by atoms with Crippen LogP contribution in [0.1, 0.15) is 22.6 Å². The summed E-state index contributed by atoms with van der Waals surface area (Å²) in [6.45, 7) is 0.0817. The first-order chi connectivity index (χ1) is 12.9. The molecule has 0 saturated carbocycles. The number of benzene rings is 3. The van der Waals surface area contributed by atoms with Crippen molar-refractivity contribution in [3.63, 3.8) is 0 Å². The first-order valence-corrected chi connectivity index (χ1v) is 9.00. The van der Waals surface area contributed by atoms with Crippen LogP contribution >= 0.6 is 0 Å². The number of hydrogen-bond acceptors (Lipinski definition) is 1. The maximum absolute atomic E-state index is 10.1. The van der Waals surface area contributed by atoms with Crippen LogP contribution in [0.25, 0.3) is 6.08 Å². The zero-order valence-corrected chi connectivity index (χ0v) is 14.8. The largest absolute Gasteiger partial charge is 0.395 e. The molecular weight excluding hydrogens is 316 g/mol. The van der Waals surface area contributed by atoms with Crippen molar-refractivity contribution in [2.75, 3.05) is 6.61 Å². The number of aliphatic hydroxyl groups is 1. The van der Waals surface area contributed by atoms with E-state index in [1.165, 1.54) is 5.56 Å². The Morgan fingerprint density at radius 3 is 1.96 bits per heavy atom. The van der Waals surface area contributed by atoms with E-state index in [4.69, 9.17) is 0 Å². The third-order valence-corrected chi connectivity index (χ3v) is 4.43. The lowest BCUT2D eigenvalue weighted by atomic mass is 9.89. The van der Waals surface area contributed by atoms with Crippen molar-refractivity contribution in [1.29, 1.82) is 0 Å². The minimum atomic E-state index is -0.0385. The van der Waals surface area contributed by atoms with Gasteiger partial charge < -0.3 is 5.11 Å². The standard InChI is InChI=1S/C25H24O/c26-20-25(23-16-8-3-9-17-23)24(19-22-13-6-2-7-14-22)18-10-15-21-11-4-1-5-12-21/h1-14,16-19,25-26H,15,20H2/b18-10+,24-19+. The van der Waals surface area contributed by atoms with Crippen LogP contribution in [-0.4, -0.2) is 11.7 Å². The molecule has 0 fully saturated rings. The highest BCUT2D eigenvalue weighted by atomic mass is 16.3. The monoisotopic (exact) mass is 340 g/mol. The van der Waals surface area contributed by atoms with Gasteiger partial charge in [-0.3, -0.25) is 0 Å². The van der Waals surface area contributed by atoms with Gasteiger partial charge in [0.05, 0.1) is 6.61 Å². The molecule has 3 aromatic carbocycles. The minimum absolute atomic E-state index is 0.0385. The smallest absolute Gasteiger partial charge is 0.0540 e. The van der Waals surface area contributed by atoms with E-state index >= 15 is 0 Å². The van der Waals surface area contributed by atoms with E-state index in [0.29, 0.717) is 0 Å². The first kappa shape index (κ1) is 17.9. The van der Waals surface area contributed by atoms with E-state index in [-0.39, 0.29) is 12.5 Å². The Morgan fingerprint density at radius 1 is 0.769 bits per heavy atom. The molecule has 0 aromatic heterocycles. The summed E-state index contributed by atoms with van der Waals surface area (Å²) in [4.78, 5) is 0. The third-order valence-electron chi connectivity index (χ3n) is 4.43. The van der Waals surface area contributed by atoms with Gasteiger partial charge >= 0.3 is 0 Å². The summed E-state index contributed by atoms with van der Waals surface area (Å²) in [5, 5.41) is 10.1. The lowest BCUT2D eigenvalue weighted by Gasteiger charge is -2.17.